The molecule has 0 atom stereocenters. The lowest BCUT2D eigenvalue weighted by Crippen LogP contribution is -2.13. The first-order chi connectivity index (χ1) is 11.9. The van der Waals surface area contributed by atoms with Crippen LogP contribution in [0.4, 0.5) is 5.69 Å². The van der Waals surface area contributed by atoms with Crippen LogP contribution < -0.4 is 4.72 Å². The lowest BCUT2D eigenvalue weighted by molar-refractivity contribution is 0.0498. The standard InChI is InChI=1S/C19H23NO4S/c1-3-4-5-14-24-19(21)16-8-10-17(11-9-16)20-25(22,23)18-12-6-15(2)7-13-18/h6-13,20H,3-5,14H2,1-2H3. The van der Waals surface area contributed by atoms with Crippen LogP contribution >= 0.6 is 0 Å². The summed E-state index contributed by atoms with van der Waals surface area (Å²) in [4.78, 5) is 12.1. The number of sulfonamides is 1. The molecule has 0 saturated heterocycles. The van der Waals surface area contributed by atoms with E-state index in [1.165, 1.54) is 0 Å². The molecule has 0 aromatic heterocycles. The van der Waals surface area contributed by atoms with Crippen molar-refractivity contribution in [3.63, 3.8) is 0 Å². The van der Waals surface area contributed by atoms with Crippen molar-refractivity contribution in [3.05, 3.63) is 59.7 Å². The molecule has 0 amide bonds. The number of rotatable bonds is 8. The molecule has 6 heteroatoms. The van der Waals surface area contributed by atoms with E-state index in [-0.39, 0.29) is 4.90 Å². The molecule has 134 valence electrons. The molecule has 2 rings (SSSR count). The molecule has 0 saturated carbocycles. The topological polar surface area (TPSA) is 72.5 Å². The van der Waals surface area contributed by atoms with Gasteiger partial charge in [-0.1, -0.05) is 37.5 Å². The predicted molar refractivity (Wildman–Crippen MR) is 98.2 cm³/mol. The van der Waals surface area contributed by atoms with Crippen LogP contribution in [-0.2, 0) is 14.8 Å². The van der Waals surface area contributed by atoms with E-state index in [9.17, 15) is 13.2 Å². The molecule has 0 unspecified atom stereocenters. The molecule has 0 aliphatic rings. The van der Waals surface area contributed by atoms with Gasteiger partial charge in [0, 0.05) is 5.69 Å². The number of esters is 1. The number of ether oxygens (including phenoxy) is 1. The van der Waals surface area contributed by atoms with Gasteiger partial charge in [0.05, 0.1) is 17.1 Å². The van der Waals surface area contributed by atoms with Crippen molar-refractivity contribution in [1.29, 1.82) is 0 Å². The van der Waals surface area contributed by atoms with Gasteiger partial charge in [0.25, 0.3) is 10.0 Å². The van der Waals surface area contributed by atoms with Crippen LogP contribution in [0.5, 0.6) is 0 Å². The van der Waals surface area contributed by atoms with Gasteiger partial charge >= 0.3 is 5.97 Å². The molecule has 5 nitrogen and oxygen atoms in total. The number of benzene rings is 2. The minimum Gasteiger partial charge on any atom is -0.462 e. The number of carbonyl (C=O) groups is 1. The maximum Gasteiger partial charge on any atom is 0.338 e. The van der Waals surface area contributed by atoms with Crippen LogP contribution in [0.2, 0.25) is 0 Å². The highest BCUT2D eigenvalue weighted by atomic mass is 32.2. The zero-order chi connectivity index (χ0) is 18.3. The van der Waals surface area contributed by atoms with Crippen molar-refractivity contribution >= 4 is 21.7 Å². The third-order valence-corrected chi connectivity index (χ3v) is 5.08. The predicted octanol–water partition coefficient (Wildman–Crippen LogP) is 4.14. The number of nitrogens with one attached hydrogen (secondary N) is 1. The fourth-order valence-corrected chi connectivity index (χ4v) is 3.26. The molecule has 0 heterocycles. The Balaban J connectivity index is 2.00. The largest absolute Gasteiger partial charge is 0.462 e. The first kappa shape index (κ1) is 19.0. The van der Waals surface area contributed by atoms with Gasteiger partial charge in [-0.25, -0.2) is 13.2 Å². The Labute approximate surface area is 149 Å². The van der Waals surface area contributed by atoms with Crippen LogP contribution in [-0.4, -0.2) is 21.0 Å². The molecule has 0 fully saturated rings. The molecule has 0 spiro atoms. The number of carbonyl (C=O) groups excluding carboxylic acids is 1. The molecule has 1 N–H and O–H groups in total. The number of aryl methyl sites for hydroxylation is 1. The van der Waals surface area contributed by atoms with Crippen molar-refractivity contribution in [2.24, 2.45) is 0 Å². The SMILES string of the molecule is CCCCCOC(=O)c1ccc(NS(=O)(=O)c2ccc(C)cc2)cc1. The maximum absolute atomic E-state index is 12.3. The summed E-state index contributed by atoms with van der Waals surface area (Å²) >= 11 is 0. The second-order valence-electron chi connectivity index (χ2n) is 5.84. The Morgan fingerprint density at radius 1 is 1.00 bits per heavy atom. The van der Waals surface area contributed by atoms with E-state index in [0.717, 1.165) is 24.8 Å². The fraction of sp³-hybridized carbons (Fsp3) is 0.316. The highest BCUT2D eigenvalue weighted by Gasteiger charge is 2.14. The Morgan fingerprint density at radius 3 is 2.24 bits per heavy atom. The van der Waals surface area contributed by atoms with E-state index in [1.54, 1.807) is 48.5 Å². The molecule has 2 aromatic rings. The Bertz CT molecular complexity index is 796. The number of hydrogen-bond donors (Lipinski definition) is 1. The van der Waals surface area contributed by atoms with E-state index < -0.39 is 16.0 Å². The zero-order valence-electron chi connectivity index (χ0n) is 14.5. The molecule has 0 bridgehead atoms. The summed E-state index contributed by atoms with van der Waals surface area (Å²) in [5, 5.41) is 0. The zero-order valence-corrected chi connectivity index (χ0v) is 15.3. The molecule has 2 aromatic carbocycles. The minimum absolute atomic E-state index is 0.192. The van der Waals surface area contributed by atoms with Crippen LogP contribution in [0, 0.1) is 6.92 Å². The van der Waals surface area contributed by atoms with E-state index in [2.05, 4.69) is 11.6 Å². The average molecular weight is 361 g/mol. The number of anilines is 1. The Morgan fingerprint density at radius 2 is 1.64 bits per heavy atom. The lowest BCUT2D eigenvalue weighted by Gasteiger charge is -2.09. The van der Waals surface area contributed by atoms with Crippen molar-refractivity contribution < 1.29 is 17.9 Å². The van der Waals surface area contributed by atoms with Gasteiger partial charge in [0.2, 0.25) is 0 Å². The van der Waals surface area contributed by atoms with Gasteiger partial charge < -0.3 is 4.74 Å². The van der Waals surface area contributed by atoms with Gasteiger partial charge in [-0.3, -0.25) is 4.72 Å². The smallest absolute Gasteiger partial charge is 0.338 e. The lowest BCUT2D eigenvalue weighted by atomic mass is 10.2. The summed E-state index contributed by atoms with van der Waals surface area (Å²) in [6.07, 6.45) is 2.93. The summed E-state index contributed by atoms with van der Waals surface area (Å²) in [6.45, 7) is 4.37. The second-order valence-corrected chi connectivity index (χ2v) is 7.52. The third kappa shape index (κ3) is 5.60. The molecule has 25 heavy (non-hydrogen) atoms. The van der Waals surface area contributed by atoms with Gasteiger partial charge in [-0.15, -0.1) is 0 Å². The van der Waals surface area contributed by atoms with E-state index >= 15 is 0 Å². The van der Waals surface area contributed by atoms with Crippen molar-refractivity contribution in [3.8, 4) is 0 Å². The Kier molecular flexibility index (Phi) is 6.58. The third-order valence-electron chi connectivity index (χ3n) is 3.69. The highest BCUT2D eigenvalue weighted by Crippen LogP contribution is 2.17. The van der Waals surface area contributed by atoms with E-state index in [4.69, 9.17) is 4.74 Å². The second kappa shape index (κ2) is 8.67. The first-order valence-corrected chi connectivity index (χ1v) is 9.77. The van der Waals surface area contributed by atoms with Crippen LogP contribution in [0.1, 0.15) is 42.1 Å². The van der Waals surface area contributed by atoms with Crippen LogP contribution in [0.25, 0.3) is 0 Å². The van der Waals surface area contributed by atoms with Crippen molar-refractivity contribution in [1.82, 2.24) is 0 Å². The van der Waals surface area contributed by atoms with Crippen LogP contribution in [0.3, 0.4) is 0 Å². The van der Waals surface area contributed by atoms with Gasteiger partial charge in [0.15, 0.2) is 0 Å². The number of unbranched alkanes of at least 4 members (excludes halogenated alkanes) is 2. The average Bonchev–Trinajstić information content (AvgIpc) is 2.59. The monoisotopic (exact) mass is 361 g/mol. The first-order valence-electron chi connectivity index (χ1n) is 8.29. The van der Waals surface area contributed by atoms with E-state index in [1.807, 2.05) is 6.92 Å². The molecule has 0 aliphatic carbocycles. The molecular weight excluding hydrogens is 338 g/mol. The fourth-order valence-electron chi connectivity index (χ4n) is 2.21. The Hall–Kier alpha value is -2.34. The summed E-state index contributed by atoms with van der Waals surface area (Å²) < 4.78 is 32.3. The highest BCUT2D eigenvalue weighted by molar-refractivity contribution is 7.92. The normalized spacial score (nSPS) is 11.1. The summed E-state index contributed by atoms with van der Waals surface area (Å²) in [6, 6.07) is 12.8. The van der Waals surface area contributed by atoms with Crippen LogP contribution in [0.15, 0.2) is 53.4 Å². The quantitative estimate of drug-likeness (QED) is 0.566. The molecule has 0 aliphatic heterocycles. The molecular formula is C19H23NO4S. The van der Waals surface area contributed by atoms with E-state index in [0.29, 0.717) is 17.9 Å². The summed E-state index contributed by atoms with van der Waals surface area (Å²) in [7, 11) is -3.65. The van der Waals surface area contributed by atoms with Crippen molar-refractivity contribution in [2.45, 2.75) is 38.0 Å². The maximum atomic E-state index is 12.3. The summed E-state index contributed by atoms with van der Waals surface area (Å²) in [5.74, 6) is -0.399. The number of hydrogen-bond acceptors (Lipinski definition) is 4. The van der Waals surface area contributed by atoms with Gasteiger partial charge in [-0.05, 0) is 49.7 Å². The minimum atomic E-state index is -3.65. The van der Waals surface area contributed by atoms with Gasteiger partial charge in [-0.2, -0.15) is 0 Å². The molecule has 0 radical (unpaired) electrons. The van der Waals surface area contributed by atoms with Gasteiger partial charge in [0.1, 0.15) is 0 Å². The van der Waals surface area contributed by atoms with Crippen molar-refractivity contribution in [2.75, 3.05) is 11.3 Å². The summed E-state index contributed by atoms with van der Waals surface area (Å²) in [5.41, 5.74) is 1.78.